The highest BCUT2D eigenvalue weighted by atomic mass is 19.4. The second kappa shape index (κ2) is 4.79. The highest BCUT2D eigenvalue weighted by Crippen LogP contribution is 2.44. The summed E-state index contributed by atoms with van der Waals surface area (Å²) in [6.07, 6.45) is 0.755. The molecule has 1 N–H and O–H groups in total. The van der Waals surface area contributed by atoms with E-state index in [0.717, 1.165) is 44.2 Å². The van der Waals surface area contributed by atoms with E-state index in [4.69, 9.17) is 0 Å². The maximum atomic E-state index is 12.8. The summed E-state index contributed by atoms with van der Waals surface area (Å²) >= 11 is 0. The van der Waals surface area contributed by atoms with Gasteiger partial charge < -0.3 is 5.32 Å². The number of rotatable bonds is 1. The fraction of sp³-hybridized carbons (Fsp3) is 0.533. The molecule has 0 aromatic heterocycles. The average Bonchev–Trinajstić information content (AvgIpc) is 2.73. The van der Waals surface area contributed by atoms with E-state index in [-0.39, 0.29) is 11.8 Å². The fourth-order valence-corrected chi connectivity index (χ4v) is 3.40. The van der Waals surface area contributed by atoms with Gasteiger partial charge in [0.2, 0.25) is 5.91 Å². The number of benzene rings is 1. The van der Waals surface area contributed by atoms with Crippen molar-refractivity contribution in [2.75, 3.05) is 5.32 Å². The third-order valence-corrected chi connectivity index (χ3v) is 4.38. The number of carbonyl (C=O) groups excluding carboxylic acids is 1. The number of halogens is 3. The quantitative estimate of drug-likeness (QED) is 0.817. The van der Waals surface area contributed by atoms with Crippen LogP contribution in [-0.4, -0.2) is 5.91 Å². The molecule has 5 heteroatoms. The van der Waals surface area contributed by atoms with E-state index >= 15 is 0 Å². The molecule has 1 aliphatic carbocycles. The van der Waals surface area contributed by atoms with Crippen LogP contribution in [0, 0.1) is 5.92 Å². The second-order valence-corrected chi connectivity index (χ2v) is 5.66. The van der Waals surface area contributed by atoms with Crippen LogP contribution < -0.4 is 5.32 Å². The number of anilines is 1. The first-order valence-corrected chi connectivity index (χ1v) is 6.99. The van der Waals surface area contributed by atoms with Gasteiger partial charge in [-0.3, -0.25) is 4.79 Å². The summed E-state index contributed by atoms with van der Waals surface area (Å²) in [6.45, 7) is 0. The molecular weight excluding hydrogens is 267 g/mol. The van der Waals surface area contributed by atoms with E-state index in [0.29, 0.717) is 11.3 Å². The number of nitrogens with one attached hydrogen (secondary N) is 1. The molecule has 1 unspecified atom stereocenters. The van der Waals surface area contributed by atoms with Crippen LogP contribution in [0.4, 0.5) is 18.9 Å². The van der Waals surface area contributed by atoms with Crippen molar-refractivity contribution in [2.24, 2.45) is 5.92 Å². The first-order valence-electron chi connectivity index (χ1n) is 6.99. The number of amides is 1. The molecule has 2 aliphatic rings. The molecule has 1 saturated carbocycles. The Balaban J connectivity index is 1.97. The molecule has 1 aromatic rings. The number of hydrogen-bond acceptors (Lipinski definition) is 1. The van der Waals surface area contributed by atoms with Gasteiger partial charge in [-0.1, -0.05) is 19.3 Å². The molecule has 3 rings (SSSR count). The minimum Gasteiger partial charge on any atom is -0.325 e. The van der Waals surface area contributed by atoms with Gasteiger partial charge in [0, 0.05) is 5.69 Å². The predicted molar refractivity (Wildman–Crippen MR) is 69.4 cm³/mol. The Hall–Kier alpha value is -1.52. The van der Waals surface area contributed by atoms with Gasteiger partial charge in [0.15, 0.2) is 0 Å². The van der Waals surface area contributed by atoms with Crippen LogP contribution in [0.5, 0.6) is 0 Å². The third-order valence-electron chi connectivity index (χ3n) is 4.38. The van der Waals surface area contributed by atoms with E-state index in [2.05, 4.69) is 5.32 Å². The van der Waals surface area contributed by atoms with Crippen LogP contribution in [0.1, 0.15) is 49.1 Å². The summed E-state index contributed by atoms with van der Waals surface area (Å²) in [5.74, 6) is -0.382. The molecular formula is C15H16F3NO. The van der Waals surface area contributed by atoms with Gasteiger partial charge in [-0.05, 0) is 42.5 Å². The van der Waals surface area contributed by atoms with Gasteiger partial charge in [-0.25, -0.2) is 0 Å². The highest BCUT2D eigenvalue weighted by molar-refractivity contribution is 6.03. The molecule has 20 heavy (non-hydrogen) atoms. The van der Waals surface area contributed by atoms with Crippen molar-refractivity contribution < 1.29 is 18.0 Å². The lowest BCUT2D eigenvalue weighted by Gasteiger charge is -2.26. The van der Waals surface area contributed by atoms with Crippen molar-refractivity contribution in [1.82, 2.24) is 0 Å². The highest BCUT2D eigenvalue weighted by Gasteiger charge is 2.39. The summed E-state index contributed by atoms with van der Waals surface area (Å²) < 4.78 is 38.5. The minimum atomic E-state index is -4.36. The molecule has 1 atom stereocenters. The summed E-state index contributed by atoms with van der Waals surface area (Å²) in [5.41, 5.74) is 0.392. The molecule has 2 nitrogen and oxygen atoms in total. The Kier molecular flexibility index (Phi) is 3.22. The maximum Gasteiger partial charge on any atom is 0.416 e. The molecule has 1 aromatic carbocycles. The smallest absolute Gasteiger partial charge is 0.325 e. The molecule has 0 saturated heterocycles. The standard InChI is InChI=1S/C15H16F3NO/c16-15(17,18)10-6-7-12-11(8-10)13(14(20)19-12)9-4-2-1-3-5-9/h6-9,13H,1-5H2,(H,19,20). The number of alkyl halides is 3. The van der Waals surface area contributed by atoms with Crippen LogP contribution in [0.3, 0.4) is 0 Å². The maximum absolute atomic E-state index is 12.8. The lowest BCUT2D eigenvalue weighted by Crippen LogP contribution is -2.23. The summed E-state index contributed by atoms with van der Waals surface area (Å²) in [7, 11) is 0. The largest absolute Gasteiger partial charge is 0.416 e. The van der Waals surface area contributed by atoms with E-state index in [9.17, 15) is 18.0 Å². The van der Waals surface area contributed by atoms with Crippen molar-refractivity contribution >= 4 is 11.6 Å². The van der Waals surface area contributed by atoms with Gasteiger partial charge in [0.05, 0.1) is 11.5 Å². The first-order chi connectivity index (χ1) is 9.47. The molecule has 108 valence electrons. The van der Waals surface area contributed by atoms with Crippen molar-refractivity contribution in [3.63, 3.8) is 0 Å². The lowest BCUT2D eigenvalue weighted by atomic mass is 9.77. The lowest BCUT2D eigenvalue weighted by molar-refractivity contribution is -0.137. The van der Waals surface area contributed by atoms with Crippen molar-refractivity contribution in [2.45, 2.75) is 44.2 Å². The Morgan fingerprint density at radius 3 is 2.45 bits per heavy atom. The first kappa shape index (κ1) is 13.5. The monoisotopic (exact) mass is 283 g/mol. The fourth-order valence-electron chi connectivity index (χ4n) is 3.40. The Bertz CT molecular complexity index is 532. The average molecular weight is 283 g/mol. The SMILES string of the molecule is O=C1Nc2ccc(C(F)(F)F)cc2C1C1CCCCC1. The van der Waals surface area contributed by atoms with Crippen molar-refractivity contribution in [3.05, 3.63) is 29.3 Å². The van der Waals surface area contributed by atoms with Gasteiger partial charge in [-0.15, -0.1) is 0 Å². The van der Waals surface area contributed by atoms with Crippen LogP contribution in [0.25, 0.3) is 0 Å². The van der Waals surface area contributed by atoms with Crippen molar-refractivity contribution in [1.29, 1.82) is 0 Å². The number of fused-ring (bicyclic) bond motifs is 1. The Morgan fingerprint density at radius 1 is 1.10 bits per heavy atom. The summed E-state index contributed by atoms with van der Waals surface area (Å²) in [5, 5.41) is 2.72. The van der Waals surface area contributed by atoms with Crippen LogP contribution >= 0.6 is 0 Å². The Morgan fingerprint density at radius 2 is 1.80 bits per heavy atom. The number of carbonyl (C=O) groups is 1. The minimum absolute atomic E-state index is 0.147. The van der Waals surface area contributed by atoms with Gasteiger partial charge in [0.25, 0.3) is 0 Å². The van der Waals surface area contributed by atoms with Crippen molar-refractivity contribution in [3.8, 4) is 0 Å². The molecule has 0 radical (unpaired) electrons. The van der Waals surface area contributed by atoms with E-state index in [1.807, 2.05) is 0 Å². The zero-order valence-electron chi connectivity index (χ0n) is 11.0. The van der Waals surface area contributed by atoms with Gasteiger partial charge >= 0.3 is 6.18 Å². The van der Waals surface area contributed by atoms with E-state index in [1.54, 1.807) is 0 Å². The molecule has 0 bridgehead atoms. The summed E-state index contributed by atoms with van der Waals surface area (Å²) in [4.78, 5) is 12.1. The molecule has 1 heterocycles. The third kappa shape index (κ3) is 2.30. The zero-order valence-corrected chi connectivity index (χ0v) is 11.0. The van der Waals surface area contributed by atoms with E-state index < -0.39 is 17.7 Å². The Labute approximate surface area is 115 Å². The molecule has 0 spiro atoms. The number of hydrogen-bond donors (Lipinski definition) is 1. The molecule has 1 amide bonds. The normalized spacial score (nSPS) is 23.6. The van der Waals surface area contributed by atoms with Crippen LogP contribution in [0.2, 0.25) is 0 Å². The van der Waals surface area contributed by atoms with Gasteiger partial charge in [-0.2, -0.15) is 13.2 Å². The molecule has 1 aliphatic heterocycles. The predicted octanol–water partition coefficient (Wildman–Crippen LogP) is 4.32. The van der Waals surface area contributed by atoms with Crippen LogP contribution in [0.15, 0.2) is 18.2 Å². The molecule has 1 fully saturated rings. The topological polar surface area (TPSA) is 29.1 Å². The van der Waals surface area contributed by atoms with Crippen LogP contribution in [-0.2, 0) is 11.0 Å². The zero-order chi connectivity index (χ0) is 14.3. The second-order valence-electron chi connectivity index (χ2n) is 5.66. The summed E-state index contributed by atoms with van der Waals surface area (Å²) in [6, 6.07) is 3.55. The van der Waals surface area contributed by atoms with E-state index in [1.165, 1.54) is 6.07 Å². The van der Waals surface area contributed by atoms with Gasteiger partial charge in [0.1, 0.15) is 0 Å².